The number of imidazole rings is 1. The van der Waals surface area contributed by atoms with E-state index < -0.39 is 0 Å². The number of anilines is 1. The lowest BCUT2D eigenvalue weighted by Crippen LogP contribution is -2.43. The Kier molecular flexibility index (Phi) is 5.27. The molecule has 4 rings (SSSR count). The summed E-state index contributed by atoms with van der Waals surface area (Å²) in [7, 11) is 0. The smallest absolute Gasteiger partial charge is 0.183 e. The molecule has 3 aromatic rings. The van der Waals surface area contributed by atoms with Gasteiger partial charge in [-0.15, -0.1) is 11.3 Å². The van der Waals surface area contributed by atoms with Gasteiger partial charge in [0.2, 0.25) is 0 Å². The van der Waals surface area contributed by atoms with E-state index in [0.717, 1.165) is 37.6 Å². The van der Waals surface area contributed by atoms with Gasteiger partial charge in [-0.2, -0.15) is 0 Å². The molecule has 142 valence electrons. The van der Waals surface area contributed by atoms with Crippen LogP contribution in [-0.4, -0.2) is 39.0 Å². The summed E-state index contributed by atoms with van der Waals surface area (Å²) in [6, 6.07) is 11.3. The second-order valence-electron chi connectivity index (χ2n) is 7.64. The molecule has 1 saturated heterocycles. The maximum absolute atomic E-state index is 5.00. The summed E-state index contributed by atoms with van der Waals surface area (Å²) in [4.78, 5) is 14.9. The molecule has 1 aliphatic heterocycles. The van der Waals surface area contributed by atoms with Crippen LogP contribution in [0.4, 0.5) is 5.13 Å². The van der Waals surface area contributed by atoms with Crippen LogP contribution in [0.25, 0.3) is 0 Å². The Morgan fingerprint density at radius 3 is 2.67 bits per heavy atom. The third-order valence-corrected chi connectivity index (χ3v) is 6.16. The number of aromatic nitrogens is 3. The minimum Gasteiger partial charge on any atom is -0.359 e. The molecule has 0 saturated carbocycles. The standard InChI is InChI=1S/C21H27N5S/c1-16(2)24-20-25-19(14-27-20)21(17-6-4-3-5-7-17)8-10-26(11-9-21)13-18-12-22-15-23-18/h3-7,12,14-16H,8-11,13H2,1-2H3,(H,22,23)(H,24,25). The van der Waals surface area contributed by atoms with E-state index in [9.17, 15) is 0 Å². The van der Waals surface area contributed by atoms with Gasteiger partial charge in [-0.25, -0.2) is 9.97 Å². The number of benzene rings is 1. The average Bonchev–Trinajstić information content (AvgIpc) is 3.35. The maximum atomic E-state index is 5.00. The van der Waals surface area contributed by atoms with Crippen molar-refractivity contribution in [1.29, 1.82) is 0 Å². The van der Waals surface area contributed by atoms with Gasteiger partial charge in [0.1, 0.15) is 0 Å². The van der Waals surface area contributed by atoms with Crippen molar-refractivity contribution in [1.82, 2.24) is 19.9 Å². The van der Waals surface area contributed by atoms with E-state index in [1.165, 1.54) is 17.0 Å². The van der Waals surface area contributed by atoms with Gasteiger partial charge in [0, 0.05) is 35.3 Å². The molecule has 0 unspecified atom stereocenters. The van der Waals surface area contributed by atoms with Crippen LogP contribution >= 0.6 is 11.3 Å². The number of rotatable bonds is 6. The highest BCUT2D eigenvalue weighted by molar-refractivity contribution is 7.13. The molecule has 2 aromatic heterocycles. The predicted molar refractivity (Wildman–Crippen MR) is 111 cm³/mol. The van der Waals surface area contributed by atoms with Crippen LogP contribution < -0.4 is 5.32 Å². The molecule has 0 bridgehead atoms. The van der Waals surface area contributed by atoms with Crippen molar-refractivity contribution in [3.63, 3.8) is 0 Å². The van der Waals surface area contributed by atoms with Crippen molar-refractivity contribution < 1.29 is 0 Å². The van der Waals surface area contributed by atoms with Crippen LogP contribution in [-0.2, 0) is 12.0 Å². The number of aromatic amines is 1. The molecule has 0 aliphatic carbocycles. The van der Waals surface area contributed by atoms with Crippen LogP contribution in [0.3, 0.4) is 0 Å². The average molecular weight is 382 g/mol. The molecule has 27 heavy (non-hydrogen) atoms. The van der Waals surface area contributed by atoms with Gasteiger partial charge >= 0.3 is 0 Å². The highest BCUT2D eigenvalue weighted by Gasteiger charge is 2.39. The Balaban J connectivity index is 1.58. The zero-order valence-corrected chi connectivity index (χ0v) is 16.8. The van der Waals surface area contributed by atoms with E-state index >= 15 is 0 Å². The number of likely N-dealkylation sites (tertiary alicyclic amines) is 1. The summed E-state index contributed by atoms with van der Waals surface area (Å²) in [6.07, 6.45) is 5.83. The lowest BCUT2D eigenvalue weighted by Gasteiger charge is -2.41. The van der Waals surface area contributed by atoms with Crippen molar-refractivity contribution in [3.8, 4) is 0 Å². The minimum atomic E-state index is -0.000838. The van der Waals surface area contributed by atoms with Gasteiger partial charge in [-0.05, 0) is 45.3 Å². The van der Waals surface area contributed by atoms with Gasteiger partial charge in [-0.1, -0.05) is 30.3 Å². The van der Waals surface area contributed by atoms with Crippen LogP contribution in [0.2, 0.25) is 0 Å². The van der Waals surface area contributed by atoms with E-state index in [1.54, 1.807) is 17.7 Å². The first-order chi connectivity index (χ1) is 13.2. The highest BCUT2D eigenvalue weighted by atomic mass is 32.1. The first kappa shape index (κ1) is 18.2. The van der Waals surface area contributed by atoms with Gasteiger partial charge < -0.3 is 10.3 Å². The quantitative estimate of drug-likeness (QED) is 0.669. The van der Waals surface area contributed by atoms with Gasteiger partial charge in [0.25, 0.3) is 0 Å². The molecular weight excluding hydrogens is 354 g/mol. The van der Waals surface area contributed by atoms with E-state index in [-0.39, 0.29) is 5.41 Å². The lowest BCUT2D eigenvalue weighted by atomic mass is 9.70. The maximum Gasteiger partial charge on any atom is 0.183 e. The zero-order valence-electron chi connectivity index (χ0n) is 16.0. The van der Waals surface area contributed by atoms with Gasteiger partial charge in [0.15, 0.2) is 5.13 Å². The topological polar surface area (TPSA) is 56.8 Å². The van der Waals surface area contributed by atoms with Crippen molar-refractivity contribution in [2.75, 3.05) is 18.4 Å². The SMILES string of the molecule is CC(C)Nc1nc(C2(c3ccccc3)CCN(Cc3cnc[nH]3)CC2)cs1. The number of hydrogen-bond acceptors (Lipinski definition) is 5. The van der Waals surface area contributed by atoms with Crippen molar-refractivity contribution in [3.05, 3.63) is 65.2 Å². The third kappa shape index (κ3) is 3.92. The molecule has 6 heteroatoms. The summed E-state index contributed by atoms with van der Waals surface area (Å²) < 4.78 is 0. The number of hydrogen-bond donors (Lipinski definition) is 2. The number of piperidine rings is 1. The molecule has 0 radical (unpaired) electrons. The molecule has 5 nitrogen and oxygen atoms in total. The molecule has 0 amide bonds. The first-order valence-corrected chi connectivity index (χ1v) is 10.5. The lowest BCUT2D eigenvalue weighted by molar-refractivity contribution is 0.169. The fraction of sp³-hybridized carbons (Fsp3) is 0.429. The number of nitrogens with one attached hydrogen (secondary N) is 2. The first-order valence-electron chi connectivity index (χ1n) is 9.63. The summed E-state index contributed by atoms with van der Waals surface area (Å²) in [6.45, 7) is 7.35. The number of thiazole rings is 1. The molecular formula is C21H27N5S. The predicted octanol–water partition coefficient (Wildman–Crippen LogP) is 4.27. The Morgan fingerprint density at radius 1 is 1.22 bits per heavy atom. The molecule has 0 spiro atoms. The van der Waals surface area contributed by atoms with Crippen LogP contribution in [0.5, 0.6) is 0 Å². The summed E-state index contributed by atoms with van der Waals surface area (Å²) in [5, 5.41) is 6.73. The second-order valence-corrected chi connectivity index (χ2v) is 8.50. The molecule has 2 N–H and O–H groups in total. The summed E-state index contributed by atoms with van der Waals surface area (Å²) in [5.74, 6) is 0. The molecule has 1 fully saturated rings. The van der Waals surface area contributed by atoms with Gasteiger partial charge in [-0.3, -0.25) is 4.90 Å². The van der Waals surface area contributed by atoms with Gasteiger partial charge in [0.05, 0.1) is 12.0 Å². The van der Waals surface area contributed by atoms with Crippen LogP contribution in [0, 0.1) is 0 Å². The normalized spacial score (nSPS) is 17.3. The molecule has 1 aromatic carbocycles. The molecule has 3 heterocycles. The summed E-state index contributed by atoms with van der Waals surface area (Å²) >= 11 is 1.72. The monoisotopic (exact) mass is 381 g/mol. The van der Waals surface area contributed by atoms with Crippen molar-refractivity contribution in [2.24, 2.45) is 0 Å². The Labute approximate surface area is 164 Å². The summed E-state index contributed by atoms with van der Waals surface area (Å²) in [5.41, 5.74) is 3.77. The Hall–Kier alpha value is -2.18. The van der Waals surface area contributed by atoms with Crippen LogP contribution in [0.15, 0.2) is 48.2 Å². The van der Waals surface area contributed by atoms with Crippen LogP contribution in [0.1, 0.15) is 43.6 Å². The zero-order chi connectivity index (χ0) is 18.7. The fourth-order valence-electron chi connectivity index (χ4n) is 3.96. The van der Waals surface area contributed by atoms with E-state index in [2.05, 4.69) is 69.7 Å². The van der Waals surface area contributed by atoms with E-state index in [0.29, 0.717) is 6.04 Å². The molecule has 1 aliphatic rings. The highest BCUT2D eigenvalue weighted by Crippen LogP contribution is 2.42. The fourth-order valence-corrected chi connectivity index (χ4v) is 4.92. The second kappa shape index (κ2) is 7.82. The minimum absolute atomic E-state index is 0.000838. The Morgan fingerprint density at radius 2 is 2.00 bits per heavy atom. The largest absolute Gasteiger partial charge is 0.359 e. The van der Waals surface area contributed by atoms with E-state index in [4.69, 9.17) is 4.98 Å². The van der Waals surface area contributed by atoms with Crippen molar-refractivity contribution >= 4 is 16.5 Å². The van der Waals surface area contributed by atoms with E-state index in [1.807, 2.05) is 6.20 Å². The third-order valence-electron chi connectivity index (χ3n) is 5.39. The van der Waals surface area contributed by atoms with Crippen molar-refractivity contribution in [2.45, 2.75) is 44.7 Å². The Bertz CT molecular complexity index is 833. The number of nitrogens with zero attached hydrogens (tertiary/aromatic N) is 3. The molecule has 0 atom stereocenters. The number of H-pyrrole nitrogens is 1.